The summed E-state index contributed by atoms with van der Waals surface area (Å²) in [4.78, 5) is 4.51. The molecule has 15 heavy (non-hydrogen) atoms. The van der Waals surface area contributed by atoms with Gasteiger partial charge in [0.25, 0.3) is 0 Å². The Kier molecular flexibility index (Phi) is 2.56. The van der Waals surface area contributed by atoms with Gasteiger partial charge in [-0.2, -0.15) is 0 Å². The molecule has 0 saturated carbocycles. The number of hydrogen-bond acceptors (Lipinski definition) is 3. The van der Waals surface area contributed by atoms with Gasteiger partial charge in [-0.15, -0.1) is 0 Å². The molecule has 1 aromatic heterocycles. The van der Waals surface area contributed by atoms with Gasteiger partial charge in [0.15, 0.2) is 0 Å². The summed E-state index contributed by atoms with van der Waals surface area (Å²) >= 11 is 0. The van der Waals surface area contributed by atoms with Crippen LogP contribution in [0.15, 0.2) is 24.3 Å². The Morgan fingerprint density at radius 1 is 1.40 bits per heavy atom. The molecule has 0 fully saturated rings. The highest BCUT2D eigenvalue weighted by molar-refractivity contribution is 5.85. The highest BCUT2D eigenvalue weighted by atomic mass is 16.5. The van der Waals surface area contributed by atoms with Gasteiger partial charge >= 0.3 is 0 Å². The normalized spacial score (nSPS) is 10.6. The monoisotopic (exact) mass is 202 g/mol. The second-order valence-electron chi connectivity index (χ2n) is 3.47. The average molecular weight is 202 g/mol. The van der Waals surface area contributed by atoms with E-state index in [0.717, 1.165) is 27.9 Å². The van der Waals surface area contributed by atoms with Crippen molar-refractivity contribution in [3.8, 4) is 5.75 Å². The third kappa shape index (κ3) is 1.66. The summed E-state index contributed by atoms with van der Waals surface area (Å²) in [5.74, 6) is 0.805. The molecule has 0 atom stereocenters. The molecule has 0 aliphatic carbocycles. The second kappa shape index (κ2) is 3.87. The Bertz CT molecular complexity index is 494. The first-order valence-electron chi connectivity index (χ1n) is 4.89. The minimum atomic E-state index is 0.520. The first-order chi connectivity index (χ1) is 7.26. The Morgan fingerprint density at radius 2 is 2.20 bits per heavy atom. The summed E-state index contributed by atoms with van der Waals surface area (Å²) < 4.78 is 5.26. The number of pyridine rings is 1. The van der Waals surface area contributed by atoms with E-state index >= 15 is 0 Å². The Balaban J connectivity index is 2.74. The van der Waals surface area contributed by atoms with Crippen molar-refractivity contribution in [3.05, 3.63) is 35.5 Å². The van der Waals surface area contributed by atoms with Crippen molar-refractivity contribution < 1.29 is 4.74 Å². The lowest BCUT2D eigenvalue weighted by molar-refractivity contribution is 0.419. The molecule has 0 spiro atoms. The van der Waals surface area contributed by atoms with Gasteiger partial charge in [0.1, 0.15) is 11.3 Å². The van der Waals surface area contributed by atoms with E-state index in [1.54, 1.807) is 7.11 Å². The molecule has 0 bridgehead atoms. The molecule has 0 unspecified atom stereocenters. The molecule has 0 aliphatic heterocycles. The number of rotatable bonds is 2. The van der Waals surface area contributed by atoms with Crippen LogP contribution in [-0.2, 0) is 6.54 Å². The molecular formula is C12H14N2O. The van der Waals surface area contributed by atoms with Crippen LogP contribution in [0.25, 0.3) is 10.9 Å². The SMILES string of the molecule is COc1cccc2cc(CN)c(C)nc12. The fraction of sp³-hybridized carbons (Fsp3) is 0.250. The van der Waals surface area contributed by atoms with Crippen LogP contribution in [-0.4, -0.2) is 12.1 Å². The lowest BCUT2D eigenvalue weighted by atomic mass is 10.1. The first kappa shape index (κ1) is 9.93. The molecule has 0 aliphatic rings. The van der Waals surface area contributed by atoms with Gasteiger partial charge in [-0.05, 0) is 24.6 Å². The number of nitrogens with zero attached hydrogens (tertiary/aromatic N) is 1. The summed E-state index contributed by atoms with van der Waals surface area (Å²) in [7, 11) is 1.66. The van der Waals surface area contributed by atoms with Crippen molar-refractivity contribution in [1.29, 1.82) is 0 Å². The van der Waals surface area contributed by atoms with E-state index in [1.165, 1.54) is 0 Å². The Hall–Kier alpha value is -1.61. The van der Waals surface area contributed by atoms with Crippen LogP contribution in [0.5, 0.6) is 5.75 Å². The largest absolute Gasteiger partial charge is 0.494 e. The Morgan fingerprint density at radius 3 is 2.87 bits per heavy atom. The van der Waals surface area contributed by atoms with E-state index in [0.29, 0.717) is 6.54 Å². The van der Waals surface area contributed by atoms with E-state index in [1.807, 2.05) is 25.1 Å². The summed E-state index contributed by atoms with van der Waals surface area (Å²) in [6.07, 6.45) is 0. The summed E-state index contributed by atoms with van der Waals surface area (Å²) in [6, 6.07) is 7.96. The minimum absolute atomic E-state index is 0.520. The van der Waals surface area contributed by atoms with Crippen LogP contribution in [0.4, 0.5) is 0 Å². The van der Waals surface area contributed by atoms with Crippen molar-refractivity contribution in [1.82, 2.24) is 4.98 Å². The fourth-order valence-corrected chi connectivity index (χ4v) is 1.68. The van der Waals surface area contributed by atoms with Crippen molar-refractivity contribution in [2.75, 3.05) is 7.11 Å². The lowest BCUT2D eigenvalue weighted by Crippen LogP contribution is -2.01. The van der Waals surface area contributed by atoms with Gasteiger partial charge < -0.3 is 10.5 Å². The summed E-state index contributed by atoms with van der Waals surface area (Å²) in [5.41, 5.74) is 8.59. The predicted molar refractivity (Wildman–Crippen MR) is 60.9 cm³/mol. The first-order valence-corrected chi connectivity index (χ1v) is 4.89. The van der Waals surface area contributed by atoms with Crippen LogP contribution in [0.2, 0.25) is 0 Å². The highest BCUT2D eigenvalue weighted by Gasteiger charge is 2.05. The number of methoxy groups -OCH3 is 1. The maximum atomic E-state index is 5.64. The fourth-order valence-electron chi connectivity index (χ4n) is 1.68. The highest BCUT2D eigenvalue weighted by Crippen LogP contribution is 2.25. The molecular weight excluding hydrogens is 188 g/mol. The van der Waals surface area contributed by atoms with Gasteiger partial charge in [-0.3, -0.25) is 0 Å². The van der Waals surface area contributed by atoms with Crippen molar-refractivity contribution in [2.24, 2.45) is 5.73 Å². The third-order valence-corrected chi connectivity index (χ3v) is 2.54. The molecule has 3 nitrogen and oxygen atoms in total. The molecule has 2 aromatic rings. The maximum absolute atomic E-state index is 5.64. The topological polar surface area (TPSA) is 48.1 Å². The summed E-state index contributed by atoms with van der Waals surface area (Å²) in [5, 5.41) is 1.07. The number of aromatic nitrogens is 1. The number of aryl methyl sites for hydroxylation is 1. The minimum Gasteiger partial charge on any atom is -0.494 e. The number of ether oxygens (including phenoxy) is 1. The molecule has 2 N–H and O–H groups in total. The van der Waals surface area contributed by atoms with Crippen molar-refractivity contribution in [2.45, 2.75) is 13.5 Å². The van der Waals surface area contributed by atoms with Crippen LogP contribution in [0.3, 0.4) is 0 Å². The van der Waals surface area contributed by atoms with Crippen molar-refractivity contribution in [3.63, 3.8) is 0 Å². The van der Waals surface area contributed by atoms with E-state index in [4.69, 9.17) is 10.5 Å². The zero-order chi connectivity index (χ0) is 10.8. The molecule has 3 heteroatoms. The zero-order valence-electron chi connectivity index (χ0n) is 8.95. The zero-order valence-corrected chi connectivity index (χ0v) is 8.95. The maximum Gasteiger partial charge on any atom is 0.145 e. The predicted octanol–water partition coefficient (Wildman–Crippen LogP) is 2.01. The average Bonchev–Trinajstić information content (AvgIpc) is 2.27. The smallest absolute Gasteiger partial charge is 0.145 e. The van der Waals surface area contributed by atoms with Crippen LogP contribution >= 0.6 is 0 Å². The number of nitrogens with two attached hydrogens (primary N) is 1. The molecule has 1 heterocycles. The number of fused-ring (bicyclic) bond motifs is 1. The molecule has 1 aromatic carbocycles. The van der Waals surface area contributed by atoms with E-state index in [-0.39, 0.29) is 0 Å². The van der Waals surface area contributed by atoms with E-state index in [2.05, 4.69) is 11.1 Å². The molecule has 2 rings (SSSR count). The van der Waals surface area contributed by atoms with E-state index in [9.17, 15) is 0 Å². The van der Waals surface area contributed by atoms with Crippen LogP contribution in [0.1, 0.15) is 11.3 Å². The Labute approximate surface area is 88.9 Å². The molecule has 0 amide bonds. The van der Waals surface area contributed by atoms with Crippen LogP contribution in [0, 0.1) is 6.92 Å². The molecule has 0 radical (unpaired) electrons. The van der Waals surface area contributed by atoms with Crippen LogP contribution < -0.4 is 10.5 Å². The standard InChI is InChI=1S/C12H14N2O/c1-8-10(7-13)6-9-4-3-5-11(15-2)12(9)14-8/h3-6H,7,13H2,1-2H3. The van der Waals surface area contributed by atoms with Crippen molar-refractivity contribution >= 4 is 10.9 Å². The molecule has 0 saturated heterocycles. The number of para-hydroxylation sites is 1. The van der Waals surface area contributed by atoms with E-state index < -0.39 is 0 Å². The van der Waals surface area contributed by atoms with Gasteiger partial charge in [-0.1, -0.05) is 12.1 Å². The lowest BCUT2D eigenvalue weighted by Gasteiger charge is -2.08. The third-order valence-electron chi connectivity index (χ3n) is 2.54. The van der Waals surface area contributed by atoms with Gasteiger partial charge in [0.05, 0.1) is 7.11 Å². The van der Waals surface area contributed by atoms with Gasteiger partial charge in [0, 0.05) is 17.6 Å². The van der Waals surface area contributed by atoms with Gasteiger partial charge in [0.2, 0.25) is 0 Å². The molecule has 78 valence electrons. The van der Waals surface area contributed by atoms with Gasteiger partial charge in [-0.25, -0.2) is 4.98 Å². The number of hydrogen-bond donors (Lipinski definition) is 1. The number of benzene rings is 1. The summed E-state index contributed by atoms with van der Waals surface area (Å²) in [6.45, 7) is 2.49. The quantitative estimate of drug-likeness (QED) is 0.810. The second-order valence-corrected chi connectivity index (χ2v) is 3.47.